The summed E-state index contributed by atoms with van der Waals surface area (Å²) >= 11 is 12.1. The zero-order chi connectivity index (χ0) is 13.0. The molecule has 1 aromatic rings. The van der Waals surface area contributed by atoms with Crippen LogP contribution in [-0.4, -0.2) is 12.6 Å². The minimum absolute atomic E-state index is 0.457. The second kappa shape index (κ2) is 6.60. The van der Waals surface area contributed by atoms with E-state index in [1.165, 1.54) is 19.3 Å². The minimum atomic E-state index is 0.457. The molecule has 0 saturated carbocycles. The molecule has 2 rings (SSSR count). The lowest BCUT2D eigenvalue weighted by molar-refractivity contribution is 0.326. The molecule has 1 nitrogen and oxygen atoms in total. The number of rotatable bonds is 3. The van der Waals surface area contributed by atoms with Gasteiger partial charge < -0.3 is 5.32 Å². The third-order valence-electron chi connectivity index (χ3n) is 3.59. The Hall–Kier alpha value is -0.500. The number of hydrogen-bond donors (Lipinski definition) is 1. The van der Waals surface area contributed by atoms with E-state index in [0.29, 0.717) is 6.04 Å². The van der Waals surface area contributed by atoms with Gasteiger partial charge in [0.2, 0.25) is 0 Å². The van der Waals surface area contributed by atoms with Crippen LogP contribution in [0.15, 0.2) is 24.3 Å². The largest absolute Gasteiger partial charge is 0.310 e. The molecule has 3 heteroatoms. The molecular weight excluding hydrogens is 265 g/mol. The quantitative estimate of drug-likeness (QED) is 0.841. The summed E-state index contributed by atoms with van der Waals surface area (Å²) in [6.07, 6.45) is 8.05. The summed E-state index contributed by atoms with van der Waals surface area (Å²) in [6.45, 7) is 3.38. The number of piperidine rings is 1. The molecule has 0 bridgehead atoms. The van der Waals surface area contributed by atoms with Gasteiger partial charge in [0.25, 0.3) is 0 Å². The first kappa shape index (κ1) is 13.9. The van der Waals surface area contributed by atoms with Gasteiger partial charge in [0.1, 0.15) is 0 Å². The van der Waals surface area contributed by atoms with Gasteiger partial charge in [-0.2, -0.15) is 0 Å². The molecule has 0 aliphatic carbocycles. The lowest BCUT2D eigenvalue weighted by Crippen LogP contribution is -2.36. The summed E-state index contributed by atoms with van der Waals surface area (Å²) in [5.74, 6) is 0.843. The summed E-state index contributed by atoms with van der Waals surface area (Å²) in [4.78, 5) is 0. The fourth-order valence-corrected chi connectivity index (χ4v) is 2.77. The first-order valence-corrected chi connectivity index (χ1v) is 7.31. The van der Waals surface area contributed by atoms with Crippen LogP contribution in [0.1, 0.15) is 31.7 Å². The summed E-state index contributed by atoms with van der Waals surface area (Å²) in [6, 6.07) is 6.01. The van der Waals surface area contributed by atoms with Gasteiger partial charge in [0.05, 0.1) is 0 Å². The molecule has 1 heterocycles. The van der Waals surface area contributed by atoms with Crippen LogP contribution in [0, 0.1) is 5.92 Å². The number of hydrogen-bond acceptors (Lipinski definition) is 1. The van der Waals surface area contributed by atoms with Crippen molar-refractivity contribution in [2.75, 3.05) is 6.54 Å². The van der Waals surface area contributed by atoms with E-state index in [9.17, 15) is 0 Å². The molecule has 2 atom stereocenters. The smallest absolute Gasteiger partial charge is 0.0479 e. The van der Waals surface area contributed by atoms with E-state index >= 15 is 0 Å². The van der Waals surface area contributed by atoms with E-state index < -0.39 is 0 Å². The van der Waals surface area contributed by atoms with Crippen molar-refractivity contribution in [3.05, 3.63) is 39.9 Å². The molecule has 98 valence electrons. The summed E-state index contributed by atoms with van der Waals surface area (Å²) in [5.41, 5.74) is 0.990. The van der Waals surface area contributed by atoms with Crippen molar-refractivity contribution in [2.45, 2.75) is 32.2 Å². The Morgan fingerprint density at radius 1 is 1.39 bits per heavy atom. The Labute approximate surface area is 119 Å². The zero-order valence-electron chi connectivity index (χ0n) is 10.6. The second-order valence-corrected chi connectivity index (χ2v) is 5.73. The highest BCUT2D eigenvalue weighted by atomic mass is 35.5. The summed E-state index contributed by atoms with van der Waals surface area (Å²) in [5, 5.41) is 5.00. The second-order valence-electron chi connectivity index (χ2n) is 4.88. The number of nitrogens with one attached hydrogen (secondary N) is 1. The predicted molar refractivity (Wildman–Crippen MR) is 80.3 cm³/mol. The average Bonchev–Trinajstić information content (AvgIpc) is 2.40. The van der Waals surface area contributed by atoms with Crippen molar-refractivity contribution in [1.29, 1.82) is 0 Å². The van der Waals surface area contributed by atoms with Crippen LogP contribution in [0.4, 0.5) is 0 Å². The topological polar surface area (TPSA) is 12.0 Å². The van der Waals surface area contributed by atoms with Gasteiger partial charge in [0.15, 0.2) is 0 Å². The first-order valence-electron chi connectivity index (χ1n) is 6.55. The van der Waals surface area contributed by atoms with Gasteiger partial charge in [-0.25, -0.2) is 0 Å². The molecule has 2 unspecified atom stereocenters. The zero-order valence-corrected chi connectivity index (χ0v) is 12.1. The minimum Gasteiger partial charge on any atom is -0.310 e. The molecule has 1 fully saturated rings. The van der Waals surface area contributed by atoms with Gasteiger partial charge in [-0.3, -0.25) is 0 Å². The molecular formula is C15H19Cl2N. The van der Waals surface area contributed by atoms with Crippen LogP contribution in [0.5, 0.6) is 0 Å². The molecule has 0 radical (unpaired) electrons. The van der Waals surface area contributed by atoms with Crippen molar-refractivity contribution in [3.63, 3.8) is 0 Å². The summed E-state index contributed by atoms with van der Waals surface area (Å²) < 4.78 is 0. The van der Waals surface area contributed by atoms with Crippen molar-refractivity contribution < 1.29 is 0 Å². The molecule has 18 heavy (non-hydrogen) atoms. The van der Waals surface area contributed by atoms with Gasteiger partial charge >= 0.3 is 0 Å². The van der Waals surface area contributed by atoms with E-state index in [0.717, 1.165) is 28.1 Å². The number of benzene rings is 1. The third kappa shape index (κ3) is 3.74. The maximum atomic E-state index is 6.14. The fourth-order valence-electron chi connectivity index (χ4n) is 2.41. The van der Waals surface area contributed by atoms with Crippen LogP contribution < -0.4 is 5.32 Å². The normalized spacial score (nSPS) is 24.6. The van der Waals surface area contributed by atoms with Gasteiger partial charge in [-0.15, -0.1) is 0 Å². The molecule has 1 saturated heterocycles. The SMILES string of the molecule is CCC1CCNC(/C=C/c2cc(Cl)ccc2Cl)C1. The lowest BCUT2D eigenvalue weighted by atomic mass is 9.90. The molecule has 0 aromatic heterocycles. The molecule has 1 aromatic carbocycles. The number of halogens is 2. The summed E-state index contributed by atoms with van der Waals surface area (Å²) in [7, 11) is 0. The van der Waals surface area contributed by atoms with E-state index in [2.05, 4.69) is 24.4 Å². The Balaban J connectivity index is 2.03. The Morgan fingerprint density at radius 3 is 3.00 bits per heavy atom. The van der Waals surface area contributed by atoms with E-state index in [1.807, 2.05) is 18.2 Å². The van der Waals surface area contributed by atoms with Crippen molar-refractivity contribution in [2.24, 2.45) is 5.92 Å². The van der Waals surface area contributed by atoms with Crippen LogP contribution in [0.3, 0.4) is 0 Å². The Bertz CT molecular complexity index is 429. The average molecular weight is 284 g/mol. The monoisotopic (exact) mass is 283 g/mol. The maximum Gasteiger partial charge on any atom is 0.0479 e. The standard InChI is InChI=1S/C15H19Cl2N/c1-2-11-7-8-18-14(9-11)5-3-12-10-13(16)4-6-15(12)17/h3-6,10-11,14,18H,2,7-9H2,1H3/b5-3+. The fraction of sp³-hybridized carbons (Fsp3) is 0.467. The highest BCUT2D eigenvalue weighted by Gasteiger charge is 2.17. The lowest BCUT2D eigenvalue weighted by Gasteiger charge is -2.27. The predicted octanol–water partition coefficient (Wildman–Crippen LogP) is 4.78. The van der Waals surface area contributed by atoms with Crippen molar-refractivity contribution in [3.8, 4) is 0 Å². The van der Waals surface area contributed by atoms with Crippen molar-refractivity contribution >= 4 is 29.3 Å². The van der Waals surface area contributed by atoms with Gasteiger partial charge in [-0.1, -0.05) is 48.7 Å². The van der Waals surface area contributed by atoms with Crippen LogP contribution in [0.25, 0.3) is 6.08 Å². The molecule has 1 N–H and O–H groups in total. The molecule has 0 spiro atoms. The van der Waals surface area contributed by atoms with Gasteiger partial charge in [-0.05, 0) is 49.1 Å². The van der Waals surface area contributed by atoms with E-state index in [1.54, 1.807) is 0 Å². The van der Waals surface area contributed by atoms with Crippen LogP contribution >= 0.6 is 23.2 Å². The Kier molecular flexibility index (Phi) is 5.11. The van der Waals surface area contributed by atoms with Crippen LogP contribution in [0.2, 0.25) is 10.0 Å². The molecule has 1 aliphatic heterocycles. The third-order valence-corrected chi connectivity index (χ3v) is 4.17. The highest BCUT2D eigenvalue weighted by molar-refractivity contribution is 6.34. The molecule has 1 aliphatic rings. The van der Waals surface area contributed by atoms with Crippen LogP contribution in [-0.2, 0) is 0 Å². The van der Waals surface area contributed by atoms with Gasteiger partial charge in [0, 0.05) is 16.1 Å². The van der Waals surface area contributed by atoms with E-state index in [4.69, 9.17) is 23.2 Å². The highest BCUT2D eigenvalue weighted by Crippen LogP contribution is 2.24. The van der Waals surface area contributed by atoms with E-state index in [-0.39, 0.29) is 0 Å². The van der Waals surface area contributed by atoms with Crippen molar-refractivity contribution in [1.82, 2.24) is 5.32 Å². The molecule has 0 amide bonds. The maximum absolute atomic E-state index is 6.14. The Morgan fingerprint density at radius 2 is 2.22 bits per heavy atom. The first-order chi connectivity index (χ1) is 8.69.